The average molecular weight is 300 g/mol. The highest BCUT2D eigenvalue weighted by molar-refractivity contribution is 7.90. The molecule has 2 aromatic carbocycles. The maximum Gasteiger partial charge on any atom is 0.228 e. The summed E-state index contributed by atoms with van der Waals surface area (Å²) in [4.78, 5) is 4.27. The molecule has 0 radical (unpaired) electrons. The number of aryl methyl sites for hydroxylation is 1. The largest absolute Gasteiger partial charge is 0.310 e. The molecule has 0 saturated heterocycles. The minimum absolute atomic E-state index is 0.115. The van der Waals surface area contributed by atoms with E-state index in [0.29, 0.717) is 12.1 Å². The Kier molecular flexibility index (Phi) is 3.29. The van der Waals surface area contributed by atoms with Crippen molar-refractivity contribution >= 4 is 20.9 Å². The Morgan fingerprint density at radius 3 is 2.38 bits per heavy atom. The van der Waals surface area contributed by atoms with Gasteiger partial charge in [-0.15, -0.1) is 0 Å². The lowest BCUT2D eigenvalue weighted by atomic mass is 10.1. The van der Waals surface area contributed by atoms with Crippen molar-refractivity contribution in [1.29, 1.82) is 0 Å². The number of benzene rings is 2. The smallest absolute Gasteiger partial charge is 0.228 e. The Balaban J connectivity index is 2.17. The minimum Gasteiger partial charge on any atom is -0.310 e. The van der Waals surface area contributed by atoms with E-state index in [0.717, 1.165) is 11.1 Å². The van der Waals surface area contributed by atoms with Gasteiger partial charge in [0.05, 0.1) is 17.6 Å². The van der Waals surface area contributed by atoms with Gasteiger partial charge in [0.2, 0.25) is 15.0 Å². The van der Waals surface area contributed by atoms with Gasteiger partial charge in [0.15, 0.2) is 0 Å². The van der Waals surface area contributed by atoms with Gasteiger partial charge in [-0.1, -0.05) is 42.0 Å². The zero-order chi connectivity index (χ0) is 15.0. The van der Waals surface area contributed by atoms with Crippen molar-refractivity contribution < 1.29 is 8.42 Å². The highest BCUT2D eigenvalue weighted by atomic mass is 32.2. The van der Waals surface area contributed by atoms with Crippen LogP contribution in [0.25, 0.3) is 11.0 Å². The van der Waals surface area contributed by atoms with E-state index in [2.05, 4.69) is 4.98 Å². The number of aromatic nitrogens is 2. The first-order valence-electron chi connectivity index (χ1n) is 6.66. The molecule has 108 valence electrons. The number of rotatable bonds is 3. The van der Waals surface area contributed by atoms with Crippen LogP contribution in [-0.2, 0) is 16.4 Å². The molecular weight excluding hydrogens is 284 g/mol. The van der Waals surface area contributed by atoms with Gasteiger partial charge >= 0.3 is 0 Å². The molecule has 0 unspecified atom stereocenters. The first-order chi connectivity index (χ1) is 9.95. The summed E-state index contributed by atoms with van der Waals surface area (Å²) >= 11 is 0. The Labute approximate surface area is 124 Å². The van der Waals surface area contributed by atoms with Crippen LogP contribution in [0.5, 0.6) is 0 Å². The molecule has 5 heteroatoms. The molecule has 0 aliphatic heterocycles. The molecule has 0 saturated carbocycles. The summed E-state index contributed by atoms with van der Waals surface area (Å²) in [6.07, 6.45) is 1.19. The van der Waals surface area contributed by atoms with Crippen LogP contribution in [0.3, 0.4) is 0 Å². The zero-order valence-corrected chi connectivity index (χ0v) is 12.8. The highest BCUT2D eigenvalue weighted by Crippen LogP contribution is 2.21. The second kappa shape index (κ2) is 5.00. The lowest BCUT2D eigenvalue weighted by molar-refractivity contribution is 0.581. The average Bonchev–Trinajstić information content (AvgIpc) is 2.81. The van der Waals surface area contributed by atoms with Crippen molar-refractivity contribution in [3.8, 4) is 0 Å². The van der Waals surface area contributed by atoms with E-state index in [-0.39, 0.29) is 5.16 Å². The monoisotopic (exact) mass is 300 g/mol. The van der Waals surface area contributed by atoms with Crippen molar-refractivity contribution in [1.82, 2.24) is 9.55 Å². The van der Waals surface area contributed by atoms with Crippen LogP contribution in [0.2, 0.25) is 0 Å². The van der Waals surface area contributed by atoms with Crippen LogP contribution < -0.4 is 0 Å². The highest BCUT2D eigenvalue weighted by Gasteiger charge is 2.19. The quantitative estimate of drug-likeness (QED) is 0.747. The van der Waals surface area contributed by atoms with Gasteiger partial charge in [0, 0.05) is 6.26 Å². The molecular formula is C16H16N2O2S. The SMILES string of the molecule is Cc1ccc(Cn2c(S(C)(=O)=O)nc3ccccc32)cc1. The van der Waals surface area contributed by atoms with Crippen LogP contribution in [0.4, 0.5) is 0 Å². The van der Waals surface area contributed by atoms with E-state index in [1.807, 2.05) is 55.5 Å². The second-order valence-electron chi connectivity index (χ2n) is 5.23. The van der Waals surface area contributed by atoms with Gasteiger partial charge in [0.1, 0.15) is 0 Å². The molecule has 3 aromatic rings. The van der Waals surface area contributed by atoms with Crippen LogP contribution in [0.15, 0.2) is 53.7 Å². The Morgan fingerprint density at radius 2 is 1.71 bits per heavy atom. The third-order valence-corrected chi connectivity index (χ3v) is 4.39. The lowest BCUT2D eigenvalue weighted by Gasteiger charge is -2.08. The third-order valence-electron chi connectivity index (χ3n) is 3.41. The van der Waals surface area contributed by atoms with E-state index < -0.39 is 9.84 Å². The molecule has 0 atom stereocenters. The van der Waals surface area contributed by atoms with Gasteiger partial charge < -0.3 is 4.57 Å². The summed E-state index contributed by atoms with van der Waals surface area (Å²) in [6, 6.07) is 15.5. The molecule has 3 rings (SSSR count). The van der Waals surface area contributed by atoms with Gasteiger partial charge in [-0.05, 0) is 24.6 Å². The number of hydrogen-bond donors (Lipinski definition) is 0. The van der Waals surface area contributed by atoms with Gasteiger partial charge in [0.25, 0.3) is 0 Å². The molecule has 0 bridgehead atoms. The predicted octanol–water partition coefficient (Wildman–Crippen LogP) is 2.80. The number of nitrogens with zero attached hydrogens (tertiary/aromatic N) is 2. The Hall–Kier alpha value is -2.14. The summed E-state index contributed by atoms with van der Waals surface area (Å²) in [6.45, 7) is 2.52. The summed E-state index contributed by atoms with van der Waals surface area (Å²) < 4.78 is 25.7. The van der Waals surface area contributed by atoms with Crippen molar-refractivity contribution in [2.45, 2.75) is 18.6 Å². The van der Waals surface area contributed by atoms with Crippen LogP contribution in [0, 0.1) is 6.92 Å². The van der Waals surface area contributed by atoms with Gasteiger partial charge in [-0.3, -0.25) is 0 Å². The zero-order valence-electron chi connectivity index (χ0n) is 11.9. The predicted molar refractivity (Wildman–Crippen MR) is 83.1 cm³/mol. The lowest BCUT2D eigenvalue weighted by Crippen LogP contribution is -2.10. The van der Waals surface area contributed by atoms with Crippen LogP contribution in [0.1, 0.15) is 11.1 Å². The number of para-hydroxylation sites is 2. The molecule has 0 spiro atoms. The summed E-state index contributed by atoms with van der Waals surface area (Å²) in [5.41, 5.74) is 3.76. The maximum atomic E-state index is 12.0. The second-order valence-corrected chi connectivity index (χ2v) is 7.14. The molecule has 4 nitrogen and oxygen atoms in total. The fourth-order valence-electron chi connectivity index (χ4n) is 2.37. The van der Waals surface area contributed by atoms with Gasteiger partial charge in [-0.2, -0.15) is 0 Å². The van der Waals surface area contributed by atoms with Crippen LogP contribution >= 0.6 is 0 Å². The number of hydrogen-bond acceptors (Lipinski definition) is 3. The van der Waals surface area contributed by atoms with Crippen molar-refractivity contribution in [2.75, 3.05) is 6.26 Å². The maximum absolute atomic E-state index is 12.0. The van der Waals surface area contributed by atoms with E-state index in [4.69, 9.17) is 0 Å². The summed E-state index contributed by atoms with van der Waals surface area (Å²) in [7, 11) is -3.37. The number of sulfone groups is 1. The molecule has 21 heavy (non-hydrogen) atoms. The molecule has 0 amide bonds. The fraction of sp³-hybridized carbons (Fsp3) is 0.188. The first-order valence-corrected chi connectivity index (χ1v) is 8.55. The van der Waals surface area contributed by atoms with E-state index in [1.54, 1.807) is 4.57 Å². The number of imidazole rings is 1. The Bertz CT molecular complexity index is 894. The minimum atomic E-state index is -3.37. The standard InChI is InChI=1S/C16H16N2O2S/c1-12-7-9-13(10-8-12)11-18-15-6-4-3-5-14(15)17-16(18)21(2,19)20/h3-10H,11H2,1-2H3. The summed E-state index contributed by atoms with van der Waals surface area (Å²) in [5.74, 6) is 0. The molecule has 0 aliphatic carbocycles. The fourth-order valence-corrected chi connectivity index (χ4v) is 3.19. The third kappa shape index (κ3) is 2.69. The van der Waals surface area contributed by atoms with E-state index in [9.17, 15) is 8.42 Å². The van der Waals surface area contributed by atoms with Crippen LogP contribution in [-0.4, -0.2) is 24.2 Å². The van der Waals surface area contributed by atoms with E-state index >= 15 is 0 Å². The number of fused-ring (bicyclic) bond motifs is 1. The topological polar surface area (TPSA) is 52.0 Å². The first kappa shape index (κ1) is 13.8. The Morgan fingerprint density at radius 1 is 1.05 bits per heavy atom. The van der Waals surface area contributed by atoms with Crippen molar-refractivity contribution in [3.63, 3.8) is 0 Å². The normalized spacial score (nSPS) is 11.9. The van der Waals surface area contributed by atoms with Crippen molar-refractivity contribution in [2.24, 2.45) is 0 Å². The van der Waals surface area contributed by atoms with Crippen molar-refractivity contribution in [3.05, 3.63) is 59.7 Å². The molecule has 0 fully saturated rings. The molecule has 0 aliphatic rings. The summed E-state index contributed by atoms with van der Waals surface area (Å²) in [5, 5.41) is 0.115. The van der Waals surface area contributed by atoms with E-state index in [1.165, 1.54) is 11.8 Å². The molecule has 1 aromatic heterocycles. The van der Waals surface area contributed by atoms with Gasteiger partial charge in [-0.25, -0.2) is 13.4 Å². The molecule has 0 N–H and O–H groups in total. The molecule has 1 heterocycles.